The summed E-state index contributed by atoms with van der Waals surface area (Å²) in [4.78, 5) is 39.0. The largest absolute Gasteiger partial charge is 0.449 e. The van der Waals surface area contributed by atoms with E-state index in [1.165, 1.54) is 6.92 Å². The molecule has 3 aromatic carbocycles. The Bertz CT molecular complexity index is 1170. The predicted octanol–water partition coefficient (Wildman–Crippen LogP) is 3.80. The normalized spacial score (nSPS) is 14.3. The van der Waals surface area contributed by atoms with Crippen LogP contribution < -0.4 is 15.5 Å². The molecule has 3 aromatic rings. The lowest BCUT2D eigenvalue weighted by Crippen LogP contribution is -2.30. The van der Waals surface area contributed by atoms with Crippen LogP contribution in [0.15, 0.2) is 60.7 Å². The molecule has 7 heteroatoms. The van der Waals surface area contributed by atoms with Crippen LogP contribution in [0.25, 0.3) is 10.8 Å². The van der Waals surface area contributed by atoms with Crippen molar-refractivity contribution in [2.45, 2.75) is 19.4 Å². The number of carbonyl (C=O) groups is 3. The maximum Gasteiger partial charge on any atom is 0.338 e. The Morgan fingerprint density at radius 1 is 1.06 bits per heavy atom. The van der Waals surface area contributed by atoms with Crippen LogP contribution >= 0.6 is 0 Å². The van der Waals surface area contributed by atoms with E-state index in [1.807, 2.05) is 48.3 Å². The predicted molar refractivity (Wildman–Crippen MR) is 120 cm³/mol. The molecule has 31 heavy (non-hydrogen) atoms. The van der Waals surface area contributed by atoms with Gasteiger partial charge >= 0.3 is 5.97 Å². The minimum atomic E-state index is -0.991. The van der Waals surface area contributed by atoms with Gasteiger partial charge in [0.05, 0.1) is 16.9 Å². The van der Waals surface area contributed by atoms with Gasteiger partial charge in [-0.1, -0.05) is 30.3 Å². The number of ether oxygens (including phenoxy) is 1. The van der Waals surface area contributed by atoms with Gasteiger partial charge in [-0.2, -0.15) is 0 Å². The molecule has 1 atom stereocenters. The molecule has 2 N–H and O–H groups in total. The van der Waals surface area contributed by atoms with Crippen molar-refractivity contribution in [1.82, 2.24) is 0 Å². The lowest BCUT2D eigenvalue weighted by Gasteiger charge is -2.19. The lowest BCUT2D eigenvalue weighted by molar-refractivity contribution is -0.123. The molecule has 1 heterocycles. The summed E-state index contributed by atoms with van der Waals surface area (Å²) >= 11 is 0. The fourth-order valence-corrected chi connectivity index (χ4v) is 3.49. The van der Waals surface area contributed by atoms with E-state index in [0.29, 0.717) is 24.3 Å². The van der Waals surface area contributed by atoms with Crippen molar-refractivity contribution in [2.24, 2.45) is 0 Å². The van der Waals surface area contributed by atoms with Crippen molar-refractivity contribution in [3.63, 3.8) is 0 Å². The van der Waals surface area contributed by atoms with Crippen LogP contribution in [0.1, 0.15) is 23.7 Å². The summed E-state index contributed by atoms with van der Waals surface area (Å²) in [5, 5.41) is 7.66. The number of benzene rings is 3. The number of nitrogens with zero attached hydrogens (tertiary/aromatic N) is 1. The summed E-state index contributed by atoms with van der Waals surface area (Å²) in [6.45, 7) is 2.11. The molecule has 7 nitrogen and oxygen atoms in total. The average molecular weight is 417 g/mol. The molecule has 0 aliphatic carbocycles. The second-order valence-electron chi connectivity index (χ2n) is 7.55. The van der Waals surface area contributed by atoms with Crippen molar-refractivity contribution in [2.75, 3.05) is 29.1 Å². The van der Waals surface area contributed by atoms with Crippen molar-refractivity contribution in [3.8, 4) is 0 Å². The van der Waals surface area contributed by atoms with Crippen molar-refractivity contribution < 1.29 is 19.1 Å². The third-order valence-corrected chi connectivity index (χ3v) is 5.26. The van der Waals surface area contributed by atoms with E-state index in [-0.39, 0.29) is 11.5 Å². The molecule has 1 aliphatic heterocycles. The zero-order chi connectivity index (χ0) is 22.0. The molecule has 4 rings (SSSR count). The zero-order valence-electron chi connectivity index (χ0n) is 17.3. The molecule has 0 bridgehead atoms. The van der Waals surface area contributed by atoms with Crippen LogP contribution in [0.3, 0.4) is 0 Å². The van der Waals surface area contributed by atoms with Crippen LogP contribution in [0.2, 0.25) is 0 Å². The molecule has 0 saturated heterocycles. The topological polar surface area (TPSA) is 87.7 Å². The quantitative estimate of drug-likeness (QED) is 0.631. The molecule has 0 saturated carbocycles. The van der Waals surface area contributed by atoms with Crippen LogP contribution in [0, 0.1) is 0 Å². The zero-order valence-corrected chi connectivity index (χ0v) is 17.3. The van der Waals surface area contributed by atoms with Crippen molar-refractivity contribution in [1.29, 1.82) is 0 Å². The summed E-state index contributed by atoms with van der Waals surface area (Å²) in [7, 11) is 1.89. The number of carbonyl (C=O) groups excluding carboxylic acids is 3. The van der Waals surface area contributed by atoms with Gasteiger partial charge < -0.3 is 20.3 Å². The lowest BCUT2D eigenvalue weighted by atomic mass is 10.1. The summed E-state index contributed by atoms with van der Waals surface area (Å²) in [6.07, 6.45) is -0.619. The fourth-order valence-electron chi connectivity index (χ4n) is 3.49. The van der Waals surface area contributed by atoms with E-state index >= 15 is 0 Å². The number of hydrogen-bond donors (Lipinski definition) is 2. The first-order chi connectivity index (χ1) is 14.9. The molecule has 0 aromatic heterocycles. The van der Waals surface area contributed by atoms with E-state index in [1.54, 1.807) is 24.3 Å². The molecule has 0 fully saturated rings. The third kappa shape index (κ3) is 4.50. The molecule has 158 valence electrons. The summed E-state index contributed by atoms with van der Waals surface area (Å²) in [5.74, 6) is -1.17. The Kier molecular flexibility index (Phi) is 5.58. The molecule has 0 spiro atoms. The van der Waals surface area contributed by atoms with Crippen LogP contribution in [-0.2, 0) is 14.3 Å². The summed E-state index contributed by atoms with van der Waals surface area (Å²) in [5.41, 5.74) is 2.26. The number of anilines is 3. The Morgan fingerprint density at radius 3 is 2.65 bits per heavy atom. The fraction of sp³-hybridized carbons (Fsp3) is 0.208. The van der Waals surface area contributed by atoms with Gasteiger partial charge in [-0.05, 0) is 48.0 Å². The SMILES string of the molecule is C[C@H](OC(=O)c1ccc2c(c1)NC(=O)CCN2C)C(=O)Nc1ccc2ccccc2c1. The van der Waals surface area contributed by atoms with Crippen LogP contribution in [0.4, 0.5) is 17.1 Å². The highest BCUT2D eigenvalue weighted by molar-refractivity contribution is 6.01. The number of fused-ring (bicyclic) bond motifs is 2. The molecule has 0 unspecified atom stereocenters. The van der Waals surface area contributed by atoms with Gasteiger partial charge in [-0.25, -0.2) is 4.79 Å². The van der Waals surface area contributed by atoms with Gasteiger partial charge in [-0.15, -0.1) is 0 Å². The number of nitrogens with one attached hydrogen (secondary N) is 2. The van der Waals surface area contributed by atoms with Gasteiger partial charge in [0.2, 0.25) is 5.91 Å². The molecular weight excluding hydrogens is 394 g/mol. The molecular formula is C24H23N3O4. The smallest absolute Gasteiger partial charge is 0.338 e. The first-order valence-corrected chi connectivity index (χ1v) is 10.1. The van der Waals surface area contributed by atoms with E-state index in [2.05, 4.69) is 10.6 Å². The number of hydrogen-bond acceptors (Lipinski definition) is 5. The minimum Gasteiger partial charge on any atom is -0.449 e. The van der Waals surface area contributed by atoms with Crippen molar-refractivity contribution in [3.05, 3.63) is 66.2 Å². The second-order valence-corrected chi connectivity index (χ2v) is 7.55. The Labute approximate surface area is 180 Å². The minimum absolute atomic E-state index is 0.112. The van der Waals surface area contributed by atoms with Crippen LogP contribution in [-0.4, -0.2) is 37.5 Å². The number of rotatable bonds is 4. The van der Waals surface area contributed by atoms with E-state index in [0.717, 1.165) is 16.5 Å². The molecule has 0 radical (unpaired) electrons. The summed E-state index contributed by atoms with van der Waals surface area (Å²) in [6, 6.07) is 18.4. The number of esters is 1. The Morgan fingerprint density at radius 2 is 1.84 bits per heavy atom. The number of amides is 2. The van der Waals surface area contributed by atoms with E-state index in [9.17, 15) is 14.4 Å². The first kappa shape index (κ1) is 20.4. The second kappa shape index (κ2) is 8.47. The van der Waals surface area contributed by atoms with Gasteiger partial charge in [-0.3, -0.25) is 9.59 Å². The standard InChI is InChI=1S/C24H23N3O4/c1-15(23(29)25-19-9-7-16-5-3-4-6-17(16)13-19)31-24(30)18-8-10-21-20(14-18)26-22(28)11-12-27(21)2/h3-10,13-15H,11-12H2,1-2H3,(H,25,29)(H,26,28)/t15-/m0/s1. The monoisotopic (exact) mass is 417 g/mol. The molecule has 1 aliphatic rings. The highest BCUT2D eigenvalue weighted by Gasteiger charge is 2.22. The Balaban J connectivity index is 1.44. The summed E-state index contributed by atoms with van der Waals surface area (Å²) < 4.78 is 5.36. The van der Waals surface area contributed by atoms with Gasteiger partial charge in [0, 0.05) is 25.7 Å². The van der Waals surface area contributed by atoms with E-state index in [4.69, 9.17) is 4.74 Å². The first-order valence-electron chi connectivity index (χ1n) is 10.1. The Hall–Kier alpha value is -3.87. The third-order valence-electron chi connectivity index (χ3n) is 5.26. The maximum atomic E-state index is 12.6. The van der Waals surface area contributed by atoms with Gasteiger partial charge in [0.1, 0.15) is 0 Å². The van der Waals surface area contributed by atoms with Crippen molar-refractivity contribution >= 4 is 45.6 Å². The molecule has 2 amide bonds. The van der Waals surface area contributed by atoms with Crippen LogP contribution in [0.5, 0.6) is 0 Å². The van der Waals surface area contributed by atoms with Gasteiger partial charge in [0.15, 0.2) is 6.10 Å². The maximum absolute atomic E-state index is 12.6. The van der Waals surface area contributed by atoms with E-state index < -0.39 is 18.0 Å². The highest BCUT2D eigenvalue weighted by Crippen LogP contribution is 2.29. The highest BCUT2D eigenvalue weighted by atomic mass is 16.5. The van der Waals surface area contributed by atoms with Gasteiger partial charge in [0.25, 0.3) is 5.91 Å². The average Bonchev–Trinajstić information content (AvgIpc) is 2.91.